The molecule has 0 radical (unpaired) electrons. The van der Waals surface area contributed by atoms with Crippen molar-refractivity contribution in [2.75, 3.05) is 0 Å². The molecule has 0 fully saturated rings. The first-order valence-corrected chi connectivity index (χ1v) is 13.9. The molecule has 0 aliphatic carbocycles. The molecule has 0 saturated carbocycles. The zero-order valence-corrected chi connectivity index (χ0v) is 19.7. The Morgan fingerprint density at radius 2 is 1.28 bits per heavy atom. The second kappa shape index (κ2) is 18.5. The Labute approximate surface area is 165 Å². The van der Waals surface area contributed by atoms with E-state index in [-0.39, 0.29) is 27.6 Å². The van der Waals surface area contributed by atoms with Gasteiger partial charge in [-0.15, -0.1) is 0 Å². The standard InChI is InChI=1S/C8H14O4.2C6H13.Sn/c1-8(2,7(11)12)5-3-4-6(9)10;2*1-3-5-6-4-2;/h3-5H2,1-2H3,(H,9,10)(H,11,12);2*1,3-6H2,2H3;/q;;;+2/p-2. The molecule has 5 heteroatoms. The van der Waals surface area contributed by atoms with Gasteiger partial charge in [-0.2, -0.15) is 0 Å². The molecule has 0 spiro atoms. The van der Waals surface area contributed by atoms with Crippen LogP contribution in [0, 0.1) is 5.41 Å². The Bertz CT molecular complexity index is 320. The zero-order valence-electron chi connectivity index (χ0n) is 16.8. The van der Waals surface area contributed by atoms with E-state index in [1.54, 1.807) is 21.7 Å². The third-order valence-electron chi connectivity index (χ3n) is 4.15. The van der Waals surface area contributed by atoms with E-state index in [0.717, 1.165) is 0 Å². The van der Waals surface area contributed by atoms with Crippen LogP contribution in [0.1, 0.15) is 98.3 Å². The number of rotatable bonds is 15. The van der Waals surface area contributed by atoms with Gasteiger partial charge in [-0.1, -0.05) is 13.8 Å². The number of aliphatic carboxylic acids is 2. The van der Waals surface area contributed by atoms with Crippen molar-refractivity contribution in [2.24, 2.45) is 5.41 Å². The van der Waals surface area contributed by atoms with Crippen molar-refractivity contribution in [3.05, 3.63) is 0 Å². The van der Waals surface area contributed by atoms with E-state index in [0.29, 0.717) is 12.8 Å². The van der Waals surface area contributed by atoms with Crippen molar-refractivity contribution in [3.63, 3.8) is 0 Å². The molecule has 0 unspecified atom stereocenters. The van der Waals surface area contributed by atoms with Gasteiger partial charge in [0.15, 0.2) is 0 Å². The summed E-state index contributed by atoms with van der Waals surface area (Å²) in [6, 6.07) is 0. The van der Waals surface area contributed by atoms with Gasteiger partial charge in [-0.25, -0.2) is 0 Å². The summed E-state index contributed by atoms with van der Waals surface area (Å²) in [6.45, 7) is 7.62. The van der Waals surface area contributed by atoms with Crippen molar-refractivity contribution in [2.45, 2.75) is 107 Å². The van der Waals surface area contributed by atoms with E-state index in [1.165, 1.54) is 52.4 Å². The quantitative estimate of drug-likeness (QED) is 0.277. The van der Waals surface area contributed by atoms with Gasteiger partial charge in [-0.05, 0) is 19.3 Å². The predicted molar refractivity (Wildman–Crippen MR) is 101 cm³/mol. The van der Waals surface area contributed by atoms with Crippen LogP contribution in [0.3, 0.4) is 0 Å². The van der Waals surface area contributed by atoms with Crippen LogP contribution in [0.2, 0.25) is 8.87 Å². The summed E-state index contributed by atoms with van der Waals surface area (Å²) in [7, 11) is 0. The molecule has 0 N–H and O–H groups in total. The molecule has 0 bridgehead atoms. The number of hydrogen-bond donors (Lipinski definition) is 0. The number of carbonyl (C=O) groups excluding carboxylic acids is 2. The molecule has 0 atom stereocenters. The molecule has 4 nitrogen and oxygen atoms in total. The fourth-order valence-electron chi connectivity index (χ4n) is 2.26. The summed E-state index contributed by atoms with van der Waals surface area (Å²) >= 11 is 0.104. The number of carboxylic acids is 2. The summed E-state index contributed by atoms with van der Waals surface area (Å²) < 4.78 is 3.30. The average molecular weight is 461 g/mol. The fraction of sp³-hybridized carbons (Fsp3) is 0.900. The van der Waals surface area contributed by atoms with Crippen LogP contribution in [0.25, 0.3) is 0 Å². The molecule has 0 aliphatic rings. The first-order valence-electron chi connectivity index (χ1n) is 9.89. The van der Waals surface area contributed by atoms with Crippen LogP contribution in [0.5, 0.6) is 0 Å². The van der Waals surface area contributed by atoms with Crippen molar-refractivity contribution >= 4 is 33.1 Å². The van der Waals surface area contributed by atoms with Crippen LogP contribution in [-0.4, -0.2) is 33.1 Å². The second-order valence-electron chi connectivity index (χ2n) is 7.27. The first kappa shape index (κ1) is 27.0. The third kappa shape index (κ3) is 21.7. The Morgan fingerprint density at radius 3 is 1.64 bits per heavy atom. The minimum absolute atomic E-state index is 0.100. The molecular weight excluding hydrogens is 423 g/mol. The molecule has 0 aromatic heterocycles. The Hall–Kier alpha value is -0.261. The zero-order chi connectivity index (χ0) is 19.6. The average Bonchev–Trinajstić information content (AvgIpc) is 2.53. The fourth-order valence-corrected chi connectivity index (χ4v) is 5.82. The topological polar surface area (TPSA) is 80.3 Å². The van der Waals surface area contributed by atoms with E-state index in [4.69, 9.17) is 0 Å². The molecule has 0 saturated heterocycles. The minimum atomic E-state index is -1.15. The van der Waals surface area contributed by atoms with Crippen LogP contribution < -0.4 is 10.2 Å². The number of unbranched alkanes of at least 4 members (excludes halogenated alkanes) is 6. The summed E-state index contributed by atoms with van der Waals surface area (Å²) in [5.74, 6) is -2.30. The second-order valence-corrected chi connectivity index (χ2v) is 11.5. The number of carboxylic acid groups (broad SMARTS) is 2. The molecular formula is C20H38O4Sn. The van der Waals surface area contributed by atoms with Gasteiger partial charge in [0.05, 0.1) is 0 Å². The van der Waals surface area contributed by atoms with Crippen LogP contribution in [0.4, 0.5) is 0 Å². The monoisotopic (exact) mass is 462 g/mol. The Kier molecular flexibility index (Phi) is 20.0. The summed E-state index contributed by atoms with van der Waals surface area (Å²) in [4.78, 5) is 20.4. The molecule has 0 heterocycles. The van der Waals surface area contributed by atoms with Gasteiger partial charge in [-0.3, -0.25) is 0 Å². The molecule has 0 aromatic rings. The van der Waals surface area contributed by atoms with Crippen molar-refractivity contribution in [1.82, 2.24) is 0 Å². The van der Waals surface area contributed by atoms with Crippen LogP contribution >= 0.6 is 0 Å². The van der Waals surface area contributed by atoms with Crippen molar-refractivity contribution in [1.29, 1.82) is 0 Å². The van der Waals surface area contributed by atoms with E-state index in [1.807, 2.05) is 0 Å². The van der Waals surface area contributed by atoms with E-state index >= 15 is 0 Å². The van der Waals surface area contributed by atoms with Gasteiger partial charge in [0.1, 0.15) is 0 Å². The summed E-state index contributed by atoms with van der Waals surface area (Å²) in [5, 5.41) is 20.4. The SMILES string of the molecule is CC(C)(CCCC(=O)[O-])C(=O)[O-].CCCCC[CH2][Sn+2][CH2]CCCCC. The molecule has 0 rings (SSSR count). The van der Waals surface area contributed by atoms with E-state index < -0.39 is 17.4 Å². The normalized spacial score (nSPS) is 10.6. The van der Waals surface area contributed by atoms with Gasteiger partial charge >= 0.3 is 95.2 Å². The van der Waals surface area contributed by atoms with E-state index in [9.17, 15) is 19.8 Å². The van der Waals surface area contributed by atoms with Gasteiger partial charge in [0, 0.05) is 17.4 Å². The summed E-state index contributed by atoms with van der Waals surface area (Å²) in [5.41, 5.74) is -0.949. The van der Waals surface area contributed by atoms with Crippen LogP contribution in [-0.2, 0) is 9.59 Å². The predicted octanol–water partition coefficient (Wildman–Crippen LogP) is 3.37. The Morgan fingerprint density at radius 1 is 0.800 bits per heavy atom. The number of hydrogen-bond acceptors (Lipinski definition) is 4. The molecule has 0 amide bonds. The number of carbonyl (C=O) groups is 2. The first-order chi connectivity index (χ1) is 11.8. The molecule has 0 aromatic carbocycles. The van der Waals surface area contributed by atoms with E-state index in [2.05, 4.69) is 13.8 Å². The molecule has 146 valence electrons. The van der Waals surface area contributed by atoms with Crippen LogP contribution in [0.15, 0.2) is 0 Å². The van der Waals surface area contributed by atoms with Gasteiger partial charge in [0.2, 0.25) is 0 Å². The van der Waals surface area contributed by atoms with Gasteiger partial charge in [0.25, 0.3) is 0 Å². The maximum absolute atomic E-state index is 10.4. The van der Waals surface area contributed by atoms with Crippen molar-refractivity contribution < 1.29 is 19.8 Å². The maximum atomic E-state index is 10.4. The third-order valence-corrected chi connectivity index (χ3v) is 8.19. The van der Waals surface area contributed by atoms with Crippen molar-refractivity contribution in [3.8, 4) is 0 Å². The molecule has 25 heavy (non-hydrogen) atoms. The Balaban J connectivity index is 0. The summed E-state index contributed by atoms with van der Waals surface area (Å²) in [6.07, 6.45) is 12.3. The van der Waals surface area contributed by atoms with Gasteiger partial charge < -0.3 is 19.8 Å². The molecule has 0 aliphatic heterocycles.